The van der Waals surface area contributed by atoms with E-state index in [1.165, 1.54) is 0 Å². The fraction of sp³-hybridized carbons (Fsp3) is 0.692. The van der Waals surface area contributed by atoms with Crippen molar-refractivity contribution in [3.05, 3.63) is 20.6 Å². The molecule has 0 fully saturated rings. The average Bonchev–Trinajstić information content (AvgIpc) is 2.31. The fourth-order valence-electron chi connectivity index (χ4n) is 1.85. The number of aromatic nitrogens is 2. The van der Waals surface area contributed by atoms with Crippen LogP contribution >= 0.6 is 28.1 Å². The molecular formula is C13H21BrN2OS. The summed E-state index contributed by atoms with van der Waals surface area (Å²) in [6, 6.07) is 0. The molecule has 0 amide bonds. The minimum atomic E-state index is -0.00397. The Hall–Kier alpha value is -0.260. The molecule has 0 radical (unpaired) electrons. The third-order valence-corrected chi connectivity index (χ3v) is 4.12. The van der Waals surface area contributed by atoms with Gasteiger partial charge in [-0.3, -0.25) is 0 Å². The molecule has 0 aliphatic carbocycles. The van der Waals surface area contributed by atoms with Gasteiger partial charge in [0.2, 0.25) is 0 Å². The first kappa shape index (κ1) is 15.8. The van der Waals surface area contributed by atoms with Crippen molar-refractivity contribution in [2.45, 2.75) is 46.1 Å². The van der Waals surface area contributed by atoms with Crippen LogP contribution < -0.4 is 0 Å². The van der Waals surface area contributed by atoms with E-state index >= 15 is 0 Å². The summed E-state index contributed by atoms with van der Waals surface area (Å²) < 4.78 is 6.99. The van der Waals surface area contributed by atoms with Crippen LogP contribution in [0.3, 0.4) is 0 Å². The Labute approximate surface area is 122 Å². The Bertz CT molecular complexity index is 445. The number of rotatable bonds is 6. The van der Waals surface area contributed by atoms with Crippen molar-refractivity contribution in [2.24, 2.45) is 5.92 Å². The molecule has 0 aliphatic rings. The molecule has 0 aromatic carbocycles. The summed E-state index contributed by atoms with van der Waals surface area (Å²) in [5.74, 6) is 1.40. The molecule has 3 nitrogen and oxygen atoms in total. The largest absolute Gasteiger partial charge is 0.374 e. The summed E-state index contributed by atoms with van der Waals surface area (Å²) in [7, 11) is 1.71. The number of methoxy groups -OCH3 is 1. The second-order valence-corrected chi connectivity index (χ2v) is 6.01. The number of nitrogens with zero attached hydrogens (tertiary/aromatic N) is 1. The lowest BCUT2D eigenvalue weighted by Gasteiger charge is -2.16. The highest BCUT2D eigenvalue weighted by Crippen LogP contribution is 2.24. The van der Waals surface area contributed by atoms with Gasteiger partial charge < -0.3 is 9.72 Å². The molecule has 1 aromatic heterocycles. The van der Waals surface area contributed by atoms with Crippen LogP contribution in [0, 0.1) is 10.6 Å². The predicted molar refractivity (Wildman–Crippen MR) is 80.3 cm³/mol. The van der Waals surface area contributed by atoms with E-state index < -0.39 is 0 Å². The molecule has 18 heavy (non-hydrogen) atoms. The first-order valence-corrected chi connectivity index (χ1v) is 7.51. The summed E-state index contributed by atoms with van der Waals surface area (Å²) in [5.41, 5.74) is 1.11. The zero-order chi connectivity index (χ0) is 13.7. The number of nitrogens with one attached hydrogen (secondary N) is 1. The zero-order valence-electron chi connectivity index (χ0n) is 11.4. The molecule has 0 saturated heterocycles. The zero-order valence-corrected chi connectivity index (χ0v) is 13.8. The van der Waals surface area contributed by atoms with E-state index in [-0.39, 0.29) is 6.10 Å². The van der Waals surface area contributed by atoms with Crippen molar-refractivity contribution in [1.29, 1.82) is 0 Å². The van der Waals surface area contributed by atoms with E-state index in [9.17, 15) is 0 Å². The van der Waals surface area contributed by atoms with Crippen LogP contribution in [0.2, 0.25) is 0 Å². The van der Waals surface area contributed by atoms with Gasteiger partial charge in [0.1, 0.15) is 16.6 Å². The van der Waals surface area contributed by atoms with Crippen LogP contribution in [0.15, 0.2) is 4.47 Å². The molecule has 1 rings (SSSR count). The van der Waals surface area contributed by atoms with E-state index in [1.807, 2.05) is 0 Å². The Balaban J connectivity index is 3.14. The van der Waals surface area contributed by atoms with Crippen LogP contribution in [-0.4, -0.2) is 17.1 Å². The number of ether oxygens (including phenoxy) is 1. The molecule has 0 aliphatic heterocycles. The highest BCUT2D eigenvalue weighted by Gasteiger charge is 2.15. The Morgan fingerprint density at radius 3 is 2.61 bits per heavy atom. The Morgan fingerprint density at radius 2 is 2.11 bits per heavy atom. The number of hydrogen-bond donors (Lipinski definition) is 1. The number of halogens is 1. The minimum absolute atomic E-state index is 0.00397. The maximum absolute atomic E-state index is 5.48. The van der Waals surface area contributed by atoms with Gasteiger partial charge in [0.15, 0.2) is 0 Å². The Kier molecular flexibility index (Phi) is 6.46. The van der Waals surface area contributed by atoms with Crippen LogP contribution in [0.25, 0.3) is 0 Å². The van der Waals surface area contributed by atoms with Crippen molar-refractivity contribution < 1.29 is 4.74 Å². The van der Waals surface area contributed by atoms with E-state index in [0.717, 1.165) is 35.3 Å². The van der Waals surface area contributed by atoms with Crippen molar-refractivity contribution in [3.8, 4) is 0 Å². The third kappa shape index (κ3) is 4.14. The highest BCUT2D eigenvalue weighted by molar-refractivity contribution is 9.10. The van der Waals surface area contributed by atoms with Gasteiger partial charge >= 0.3 is 0 Å². The number of aromatic amines is 1. The summed E-state index contributed by atoms with van der Waals surface area (Å²) in [5, 5.41) is 0. The van der Waals surface area contributed by atoms with Gasteiger partial charge in [-0.25, -0.2) is 4.98 Å². The molecule has 1 aromatic rings. The van der Waals surface area contributed by atoms with E-state index in [0.29, 0.717) is 10.6 Å². The average molecular weight is 333 g/mol. The molecule has 0 bridgehead atoms. The maximum Gasteiger partial charge on any atom is 0.144 e. The topological polar surface area (TPSA) is 37.9 Å². The van der Waals surface area contributed by atoms with E-state index in [1.54, 1.807) is 7.11 Å². The lowest BCUT2D eigenvalue weighted by Crippen LogP contribution is -2.10. The van der Waals surface area contributed by atoms with Gasteiger partial charge in [0.25, 0.3) is 0 Å². The van der Waals surface area contributed by atoms with E-state index in [2.05, 4.69) is 46.7 Å². The molecule has 1 N–H and O–H groups in total. The normalized spacial score (nSPS) is 13.0. The first-order chi connectivity index (χ1) is 8.49. The first-order valence-electron chi connectivity index (χ1n) is 6.30. The smallest absolute Gasteiger partial charge is 0.144 e. The van der Waals surface area contributed by atoms with Gasteiger partial charge in [-0.05, 0) is 34.7 Å². The molecule has 1 unspecified atom stereocenters. The number of H-pyrrole nitrogens is 1. The predicted octanol–water partition coefficient (Wildman–Crippen LogP) is 4.59. The summed E-state index contributed by atoms with van der Waals surface area (Å²) >= 11 is 8.81. The second-order valence-electron chi connectivity index (χ2n) is 4.83. The monoisotopic (exact) mass is 332 g/mol. The molecule has 5 heteroatoms. The van der Waals surface area contributed by atoms with Gasteiger partial charge in [0.05, 0.1) is 4.47 Å². The van der Waals surface area contributed by atoms with Crippen molar-refractivity contribution in [2.75, 3.05) is 7.11 Å². The van der Waals surface area contributed by atoms with Gasteiger partial charge in [0, 0.05) is 12.8 Å². The number of hydrogen-bond acceptors (Lipinski definition) is 3. The minimum Gasteiger partial charge on any atom is -0.374 e. The van der Waals surface area contributed by atoms with Crippen LogP contribution in [-0.2, 0) is 11.2 Å². The molecule has 1 heterocycles. The quantitative estimate of drug-likeness (QED) is 0.774. The van der Waals surface area contributed by atoms with Crippen molar-refractivity contribution >= 4 is 28.1 Å². The van der Waals surface area contributed by atoms with Gasteiger partial charge in [-0.1, -0.05) is 39.4 Å². The second kappa shape index (κ2) is 7.36. The molecule has 0 saturated carbocycles. The molecule has 102 valence electrons. The SMILES string of the molecule is CCCC(OC)c1nc(=S)c(Br)c(CC(C)C)[nH]1. The standard InChI is InChI=1S/C13H21BrN2OS/c1-5-6-10(17-4)12-15-9(7-8(2)3)11(14)13(18)16-12/h8,10H,5-7H2,1-4H3,(H,15,16,18). The summed E-state index contributed by atoms with van der Waals surface area (Å²) in [6.45, 7) is 6.50. The molecular weight excluding hydrogens is 312 g/mol. The maximum atomic E-state index is 5.48. The highest BCUT2D eigenvalue weighted by atomic mass is 79.9. The summed E-state index contributed by atoms with van der Waals surface area (Å²) in [6.07, 6.45) is 2.94. The summed E-state index contributed by atoms with van der Waals surface area (Å²) in [4.78, 5) is 7.79. The van der Waals surface area contributed by atoms with Gasteiger partial charge in [-0.2, -0.15) is 0 Å². The molecule has 0 spiro atoms. The lowest BCUT2D eigenvalue weighted by molar-refractivity contribution is 0.0872. The van der Waals surface area contributed by atoms with Crippen molar-refractivity contribution in [1.82, 2.24) is 9.97 Å². The lowest BCUT2D eigenvalue weighted by atomic mass is 10.1. The third-order valence-electron chi connectivity index (χ3n) is 2.71. The van der Waals surface area contributed by atoms with Gasteiger partial charge in [-0.15, -0.1) is 0 Å². The van der Waals surface area contributed by atoms with E-state index in [4.69, 9.17) is 17.0 Å². The molecule has 1 atom stereocenters. The van der Waals surface area contributed by atoms with Crippen molar-refractivity contribution in [3.63, 3.8) is 0 Å². The van der Waals surface area contributed by atoms with Crippen LogP contribution in [0.1, 0.15) is 51.2 Å². The van der Waals surface area contributed by atoms with Crippen LogP contribution in [0.5, 0.6) is 0 Å². The Morgan fingerprint density at radius 1 is 1.44 bits per heavy atom. The fourth-order valence-corrected chi connectivity index (χ4v) is 2.43. The van der Waals surface area contributed by atoms with Crippen LogP contribution in [0.4, 0.5) is 0 Å².